The number of carbonyl (C=O) groups is 1. The molecule has 1 aliphatic heterocycles. The molecule has 0 aliphatic carbocycles. The van der Waals surface area contributed by atoms with E-state index >= 15 is 0 Å². The molecule has 0 saturated carbocycles. The Kier molecular flexibility index (Phi) is 3.49. The van der Waals surface area contributed by atoms with Crippen LogP contribution in [-0.4, -0.2) is 53.2 Å². The summed E-state index contributed by atoms with van der Waals surface area (Å²) in [5.74, 6) is -0.371. The number of hydrogen-bond donors (Lipinski definition) is 3. The van der Waals surface area contributed by atoms with Gasteiger partial charge in [-0.3, -0.25) is 9.59 Å². The van der Waals surface area contributed by atoms with Crippen LogP contribution in [0.15, 0.2) is 16.9 Å². The molecule has 2 heterocycles. The van der Waals surface area contributed by atoms with Gasteiger partial charge < -0.3 is 20.3 Å². The summed E-state index contributed by atoms with van der Waals surface area (Å²) in [6, 6.07) is 2.91. The first-order valence-corrected chi connectivity index (χ1v) is 5.86. The van der Waals surface area contributed by atoms with Gasteiger partial charge in [-0.1, -0.05) is 0 Å². The van der Waals surface area contributed by atoms with Gasteiger partial charge >= 0.3 is 0 Å². The first kappa shape index (κ1) is 12.8. The first-order valence-electron chi connectivity index (χ1n) is 5.86. The molecule has 18 heavy (non-hydrogen) atoms. The van der Waals surface area contributed by atoms with E-state index < -0.39 is 11.7 Å². The molecule has 1 aromatic rings. The fourth-order valence-corrected chi connectivity index (χ4v) is 2.13. The van der Waals surface area contributed by atoms with Crippen molar-refractivity contribution >= 4 is 5.91 Å². The zero-order chi connectivity index (χ0) is 13.3. The van der Waals surface area contributed by atoms with Gasteiger partial charge in [-0.25, -0.2) is 0 Å². The van der Waals surface area contributed by atoms with Crippen molar-refractivity contribution < 1.29 is 9.90 Å². The van der Waals surface area contributed by atoms with E-state index in [0.29, 0.717) is 18.8 Å². The Labute approximate surface area is 105 Å². The van der Waals surface area contributed by atoms with Crippen molar-refractivity contribution in [1.82, 2.24) is 15.2 Å². The predicted octanol–water partition coefficient (Wildman–Crippen LogP) is -0.912. The van der Waals surface area contributed by atoms with E-state index in [-0.39, 0.29) is 17.5 Å². The summed E-state index contributed by atoms with van der Waals surface area (Å²) in [5, 5.41) is 12.7. The van der Waals surface area contributed by atoms with Gasteiger partial charge in [0.05, 0.1) is 12.1 Å². The quantitative estimate of drug-likeness (QED) is 0.635. The number of β-amino-alcohol motifs (C(OH)–C–C–N with tert-alkyl or cyclic N) is 1. The van der Waals surface area contributed by atoms with Gasteiger partial charge in [-0.15, -0.1) is 0 Å². The molecule has 1 fully saturated rings. The van der Waals surface area contributed by atoms with E-state index in [0.717, 1.165) is 0 Å². The minimum Gasteiger partial charge on any atom is -0.390 e. The molecule has 3 N–H and O–H groups in total. The Morgan fingerprint density at radius 1 is 1.44 bits per heavy atom. The summed E-state index contributed by atoms with van der Waals surface area (Å²) < 4.78 is 0. The molecule has 6 nitrogen and oxygen atoms in total. The molecule has 1 saturated heterocycles. The molecule has 6 heteroatoms. The number of carbonyl (C=O) groups excluding carboxylic acids is 1. The number of amides is 1. The lowest BCUT2D eigenvalue weighted by Gasteiger charge is -2.26. The minimum atomic E-state index is -0.594. The highest BCUT2D eigenvalue weighted by molar-refractivity contribution is 5.94. The summed E-state index contributed by atoms with van der Waals surface area (Å²) in [4.78, 5) is 27.9. The lowest BCUT2D eigenvalue weighted by molar-refractivity contribution is 0.0579. The number of H-pyrrole nitrogens is 1. The average molecular weight is 251 g/mol. The van der Waals surface area contributed by atoms with E-state index in [2.05, 4.69) is 10.3 Å². The molecule has 2 atom stereocenters. The lowest BCUT2D eigenvalue weighted by atomic mass is 10.1. The normalized spacial score (nSPS) is 23.1. The molecule has 2 rings (SSSR count). The SMILES string of the molecule is Cc1ccc(C(=O)N(C)[C@H]2CNC[C@@H]2O)c(=O)[nH]1. The van der Waals surface area contributed by atoms with Crippen molar-refractivity contribution in [2.45, 2.75) is 19.1 Å². The standard InChI is InChI=1S/C12H17N3O3/c1-7-3-4-8(11(17)14-7)12(18)15(2)9-5-13-6-10(9)16/h3-4,9-10,13,16H,5-6H2,1-2H3,(H,14,17)/t9-,10-/m0/s1. The largest absolute Gasteiger partial charge is 0.390 e. The summed E-state index contributed by atoms with van der Waals surface area (Å²) in [7, 11) is 1.60. The fraction of sp³-hybridized carbons (Fsp3) is 0.500. The Hall–Kier alpha value is -1.66. The van der Waals surface area contributed by atoms with Gasteiger partial charge in [-0.2, -0.15) is 0 Å². The van der Waals surface area contributed by atoms with Crippen LogP contribution in [0.25, 0.3) is 0 Å². The van der Waals surface area contributed by atoms with E-state index in [9.17, 15) is 14.7 Å². The lowest BCUT2D eigenvalue weighted by Crippen LogP contribution is -2.45. The number of nitrogens with zero attached hydrogens (tertiary/aromatic N) is 1. The number of aromatic amines is 1. The Morgan fingerprint density at radius 3 is 2.72 bits per heavy atom. The minimum absolute atomic E-state index is 0.0993. The number of aromatic nitrogens is 1. The number of nitrogens with one attached hydrogen (secondary N) is 2. The van der Waals surface area contributed by atoms with Gasteiger partial charge in [0, 0.05) is 25.8 Å². The maximum absolute atomic E-state index is 12.2. The van der Waals surface area contributed by atoms with Crippen molar-refractivity contribution in [3.63, 3.8) is 0 Å². The summed E-state index contributed by atoms with van der Waals surface area (Å²) in [6.45, 7) is 2.75. The number of hydrogen-bond acceptors (Lipinski definition) is 4. The van der Waals surface area contributed by atoms with Crippen molar-refractivity contribution in [1.29, 1.82) is 0 Å². The molecule has 1 aromatic heterocycles. The maximum atomic E-state index is 12.2. The molecule has 0 aromatic carbocycles. The molecular weight excluding hydrogens is 234 g/mol. The third-order valence-electron chi connectivity index (χ3n) is 3.25. The van der Waals surface area contributed by atoms with E-state index in [1.54, 1.807) is 20.0 Å². The second-order valence-electron chi connectivity index (χ2n) is 4.59. The summed E-state index contributed by atoms with van der Waals surface area (Å²) in [6.07, 6.45) is -0.594. The monoisotopic (exact) mass is 251 g/mol. The fourth-order valence-electron chi connectivity index (χ4n) is 2.13. The van der Waals surface area contributed by atoms with Gasteiger partial charge in [0.15, 0.2) is 0 Å². The predicted molar refractivity (Wildman–Crippen MR) is 66.6 cm³/mol. The number of likely N-dealkylation sites (N-methyl/N-ethyl adjacent to an activating group) is 1. The summed E-state index contributed by atoms with van der Waals surface area (Å²) in [5.41, 5.74) is 0.413. The Bertz CT molecular complexity index is 512. The van der Waals surface area contributed by atoms with Gasteiger partial charge in [-0.05, 0) is 19.1 Å². The smallest absolute Gasteiger partial charge is 0.260 e. The van der Waals surface area contributed by atoms with Crippen LogP contribution in [0, 0.1) is 6.92 Å². The van der Waals surface area contributed by atoms with Crippen molar-refractivity contribution in [2.24, 2.45) is 0 Å². The van der Waals surface area contributed by atoms with E-state index in [1.165, 1.54) is 11.0 Å². The van der Waals surface area contributed by atoms with E-state index in [4.69, 9.17) is 0 Å². The highest BCUT2D eigenvalue weighted by atomic mass is 16.3. The van der Waals surface area contributed by atoms with E-state index in [1.807, 2.05) is 0 Å². The zero-order valence-corrected chi connectivity index (χ0v) is 10.4. The average Bonchev–Trinajstić information content (AvgIpc) is 2.74. The van der Waals surface area contributed by atoms with Gasteiger partial charge in [0.1, 0.15) is 5.56 Å². The van der Waals surface area contributed by atoms with Crippen LogP contribution < -0.4 is 10.9 Å². The van der Waals surface area contributed by atoms with Gasteiger partial charge in [0.25, 0.3) is 11.5 Å². The van der Waals surface area contributed by atoms with Crippen molar-refractivity contribution in [3.8, 4) is 0 Å². The molecule has 0 unspecified atom stereocenters. The maximum Gasteiger partial charge on any atom is 0.260 e. The van der Waals surface area contributed by atoms with Crippen LogP contribution in [0.3, 0.4) is 0 Å². The zero-order valence-electron chi connectivity index (χ0n) is 10.4. The van der Waals surface area contributed by atoms with Crippen LogP contribution >= 0.6 is 0 Å². The van der Waals surface area contributed by atoms with Gasteiger partial charge in [0.2, 0.25) is 0 Å². The molecule has 0 radical (unpaired) electrons. The summed E-state index contributed by atoms with van der Waals surface area (Å²) >= 11 is 0. The molecule has 1 amide bonds. The second-order valence-corrected chi connectivity index (χ2v) is 4.59. The molecular formula is C12H17N3O3. The number of aryl methyl sites for hydroxylation is 1. The second kappa shape index (κ2) is 4.91. The number of pyridine rings is 1. The number of aliphatic hydroxyl groups excluding tert-OH is 1. The molecule has 0 bridgehead atoms. The molecule has 0 spiro atoms. The van der Waals surface area contributed by atoms with Crippen LogP contribution in [0.5, 0.6) is 0 Å². The molecule has 1 aliphatic rings. The molecule has 98 valence electrons. The third-order valence-corrected chi connectivity index (χ3v) is 3.25. The van der Waals surface area contributed by atoms with Crippen molar-refractivity contribution in [3.05, 3.63) is 33.7 Å². The number of rotatable bonds is 2. The van der Waals surface area contributed by atoms with Crippen LogP contribution in [0.4, 0.5) is 0 Å². The Balaban J connectivity index is 2.23. The van der Waals surface area contributed by atoms with Crippen LogP contribution in [-0.2, 0) is 0 Å². The third kappa shape index (κ3) is 2.30. The highest BCUT2D eigenvalue weighted by Crippen LogP contribution is 2.10. The van der Waals surface area contributed by atoms with Crippen molar-refractivity contribution in [2.75, 3.05) is 20.1 Å². The number of aliphatic hydroxyl groups is 1. The van der Waals surface area contributed by atoms with Crippen LogP contribution in [0.2, 0.25) is 0 Å². The highest BCUT2D eigenvalue weighted by Gasteiger charge is 2.32. The Morgan fingerprint density at radius 2 is 2.17 bits per heavy atom. The van der Waals surface area contributed by atoms with Crippen LogP contribution in [0.1, 0.15) is 16.1 Å². The first-order chi connectivity index (χ1) is 8.50. The topological polar surface area (TPSA) is 85.4 Å².